The molecule has 0 aromatic heterocycles. The van der Waals surface area contributed by atoms with Crippen LogP contribution in [0.15, 0.2) is 0 Å². The van der Waals surface area contributed by atoms with Crippen molar-refractivity contribution in [2.45, 2.75) is 58.2 Å². The quantitative estimate of drug-likeness (QED) is 0.367. The molecule has 0 bridgehead atoms. The smallest absolute Gasteiger partial charge is 0.317 e. The second-order valence-corrected chi connectivity index (χ2v) is 4.95. The summed E-state index contributed by atoms with van der Waals surface area (Å²) in [7, 11) is 0. The summed E-state index contributed by atoms with van der Waals surface area (Å²) in [5, 5.41) is 0. The first-order chi connectivity index (χ1) is 11.0. The van der Waals surface area contributed by atoms with E-state index in [0.29, 0.717) is 19.3 Å². The van der Waals surface area contributed by atoms with Crippen LogP contribution in [-0.2, 0) is 38.1 Å². The Kier molecular flexibility index (Phi) is 8.07. The van der Waals surface area contributed by atoms with Gasteiger partial charge in [-0.2, -0.15) is 0 Å². The lowest BCUT2D eigenvalue weighted by Gasteiger charge is -2.20. The van der Waals surface area contributed by atoms with Crippen molar-refractivity contribution in [2.75, 3.05) is 13.2 Å². The molecular weight excluding hydrogens is 308 g/mol. The van der Waals surface area contributed by atoms with E-state index < -0.39 is 48.9 Å². The molecule has 8 heteroatoms. The molecule has 0 spiro atoms. The van der Waals surface area contributed by atoms with Gasteiger partial charge in [0.15, 0.2) is 0 Å². The van der Waals surface area contributed by atoms with Crippen LogP contribution in [0.25, 0.3) is 0 Å². The maximum atomic E-state index is 11.6. The molecule has 0 unspecified atom stereocenters. The molecule has 0 N–H and O–H groups in total. The van der Waals surface area contributed by atoms with Gasteiger partial charge >= 0.3 is 23.9 Å². The molecule has 2 atom stereocenters. The lowest BCUT2D eigenvalue weighted by molar-refractivity contribution is -0.170. The largest absolute Gasteiger partial charge is 0.466 e. The summed E-state index contributed by atoms with van der Waals surface area (Å²) in [5.41, 5.74) is 0. The van der Waals surface area contributed by atoms with Crippen LogP contribution in [0.5, 0.6) is 0 Å². The third-order valence-electron chi connectivity index (χ3n) is 3.15. The fourth-order valence-corrected chi connectivity index (χ4v) is 2.24. The Morgan fingerprint density at radius 3 is 1.48 bits per heavy atom. The van der Waals surface area contributed by atoms with Crippen molar-refractivity contribution in [3.05, 3.63) is 0 Å². The van der Waals surface area contributed by atoms with Gasteiger partial charge in [0.05, 0.1) is 13.2 Å². The fraction of sp³-hybridized carbons (Fsp3) is 0.733. The van der Waals surface area contributed by atoms with E-state index in [-0.39, 0.29) is 13.2 Å². The maximum absolute atomic E-state index is 11.6. The summed E-state index contributed by atoms with van der Waals surface area (Å²) in [6.45, 7) is 3.64. The van der Waals surface area contributed by atoms with Crippen molar-refractivity contribution in [2.24, 2.45) is 0 Å². The van der Waals surface area contributed by atoms with E-state index in [0.717, 1.165) is 0 Å². The predicted octanol–water partition coefficient (Wildman–Crippen LogP) is 0.900. The Labute approximate surface area is 134 Å². The molecule has 23 heavy (non-hydrogen) atoms. The predicted molar refractivity (Wildman–Crippen MR) is 76.1 cm³/mol. The average Bonchev–Trinajstić information content (AvgIpc) is 2.85. The molecule has 1 aliphatic rings. The molecular formula is C15H22O8. The highest BCUT2D eigenvalue weighted by Crippen LogP contribution is 2.25. The Bertz CT molecular complexity index is 405. The van der Waals surface area contributed by atoms with Crippen molar-refractivity contribution in [3.8, 4) is 0 Å². The first-order valence-electron chi connectivity index (χ1n) is 7.66. The van der Waals surface area contributed by atoms with Gasteiger partial charge in [0.1, 0.15) is 25.0 Å². The van der Waals surface area contributed by atoms with E-state index in [2.05, 4.69) is 9.47 Å². The number of rotatable bonds is 8. The molecule has 0 heterocycles. The molecule has 8 nitrogen and oxygen atoms in total. The molecule has 130 valence electrons. The van der Waals surface area contributed by atoms with Crippen LogP contribution in [0.4, 0.5) is 0 Å². The number of carbonyl (C=O) groups is 4. The molecule has 0 saturated heterocycles. The van der Waals surface area contributed by atoms with Gasteiger partial charge in [-0.1, -0.05) is 0 Å². The number of esters is 4. The Balaban J connectivity index is 2.41. The van der Waals surface area contributed by atoms with Gasteiger partial charge in [-0.05, 0) is 33.1 Å². The molecule has 1 aliphatic carbocycles. The van der Waals surface area contributed by atoms with Gasteiger partial charge in [0.25, 0.3) is 0 Å². The summed E-state index contributed by atoms with van der Waals surface area (Å²) in [5.74, 6) is -2.76. The lowest BCUT2D eigenvalue weighted by atomic mass is 10.2. The van der Waals surface area contributed by atoms with Crippen LogP contribution >= 0.6 is 0 Å². The molecule has 0 amide bonds. The summed E-state index contributed by atoms with van der Waals surface area (Å²) < 4.78 is 19.6. The number of ether oxygens (including phenoxy) is 4. The Morgan fingerprint density at radius 1 is 0.739 bits per heavy atom. The van der Waals surface area contributed by atoms with Crippen LogP contribution in [0, 0.1) is 0 Å². The topological polar surface area (TPSA) is 105 Å². The molecule has 1 rings (SSSR count). The summed E-state index contributed by atoms with van der Waals surface area (Å²) >= 11 is 0. The van der Waals surface area contributed by atoms with Gasteiger partial charge in [-0.3, -0.25) is 19.2 Å². The van der Waals surface area contributed by atoms with Gasteiger partial charge in [-0.15, -0.1) is 0 Å². The lowest BCUT2D eigenvalue weighted by Crippen LogP contribution is -2.32. The molecule has 0 aromatic carbocycles. The van der Waals surface area contributed by atoms with Gasteiger partial charge in [-0.25, -0.2) is 0 Å². The zero-order valence-electron chi connectivity index (χ0n) is 13.4. The van der Waals surface area contributed by atoms with Crippen LogP contribution in [0.2, 0.25) is 0 Å². The Morgan fingerprint density at radius 2 is 1.13 bits per heavy atom. The Hall–Kier alpha value is -2.12. The highest BCUT2D eigenvalue weighted by molar-refractivity contribution is 5.92. The summed E-state index contributed by atoms with van der Waals surface area (Å²) in [4.78, 5) is 45.7. The minimum atomic E-state index is -0.721. The van der Waals surface area contributed by atoms with Crippen LogP contribution in [0.3, 0.4) is 0 Å². The first kappa shape index (κ1) is 18.9. The summed E-state index contributed by atoms with van der Waals surface area (Å²) in [6, 6.07) is 0. The van der Waals surface area contributed by atoms with E-state index in [1.165, 1.54) is 0 Å². The van der Waals surface area contributed by atoms with Gasteiger partial charge < -0.3 is 18.9 Å². The normalized spacial score (nSPS) is 19.7. The van der Waals surface area contributed by atoms with Crippen molar-refractivity contribution in [1.82, 2.24) is 0 Å². The van der Waals surface area contributed by atoms with Crippen molar-refractivity contribution in [1.29, 1.82) is 0 Å². The molecule has 0 aromatic rings. The number of hydrogen-bond acceptors (Lipinski definition) is 8. The van der Waals surface area contributed by atoms with Crippen LogP contribution < -0.4 is 0 Å². The second-order valence-electron chi connectivity index (χ2n) is 4.95. The van der Waals surface area contributed by atoms with Crippen molar-refractivity contribution < 1.29 is 38.1 Å². The first-order valence-corrected chi connectivity index (χ1v) is 7.66. The standard InChI is InChI=1S/C15H22O8/c1-3-20-12(16)8-14(18)22-10-6-5-7-11(10)23-15(19)9-13(17)21-4-2/h10-11H,3-9H2,1-2H3/t10-,11-/m1/s1. The average molecular weight is 330 g/mol. The number of carbonyl (C=O) groups excluding carboxylic acids is 4. The van der Waals surface area contributed by atoms with E-state index >= 15 is 0 Å². The monoisotopic (exact) mass is 330 g/mol. The van der Waals surface area contributed by atoms with Gasteiger partial charge in [0.2, 0.25) is 0 Å². The van der Waals surface area contributed by atoms with E-state index in [9.17, 15) is 19.2 Å². The van der Waals surface area contributed by atoms with Crippen LogP contribution in [-0.4, -0.2) is 49.3 Å². The maximum Gasteiger partial charge on any atom is 0.317 e. The van der Waals surface area contributed by atoms with E-state index in [4.69, 9.17) is 9.47 Å². The molecule has 1 saturated carbocycles. The molecule has 0 radical (unpaired) electrons. The highest BCUT2D eigenvalue weighted by Gasteiger charge is 2.34. The third kappa shape index (κ3) is 7.12. The second kappa shape index (κ2) is 9.81. The fourth-order valence-electron chi connectivity index (χ4n) is 2.24. The highest BCUT2D eigenvalue weighted by atomic mass is 16.6. The van der Waals surface area contributed by atoms with Gasteiger partial charge in [0, 0.05) is 0 Å². The number of hydrogen-bond donors (Lipinski definition) is 0. The minimum absolute atomic E-state index is 0.184. The SMILES string of the molecule is CCOC(=O)CC(=O)O[C@@H]1CCC[C@H]1OC(=O)CC(=O)OCC. The zero-order chi connectivity index (χ0) is 17.2. The van der Waals surface area contributed by atoms with Crippen LogP contribution in [0.1, 0.15) is 46.0 Å². The molecule has 0 aliphatic heterocycles. The van der Waals surface area contributed by atoms with E-state index in [1.807, 2.05) is 0 Å². The minimum Gasteiger partial charge on any atom is -0.466 e. The van der Waals surface area contributed by atoms with E-state index in [1.54, 1.807) is 13.8 Å². The molecule has 1 fully saturated rings. The third-order valence-corrected chi connectivity index (χ3v) is 3.15. The zero-order valence-corrected chi connectivity index (χ0v) is 13.4. The summed E-state index contributed by atoms with van der Waals surface area (Å²) in [6.07, 6.45) is -0.389. The van der Waals surface area contributed by atoms with Crippen molar-refractivity contribution >= 4 is 23.9 Å². The van der Waals surface area contributed by atoms with Crippen molar-refractivity contribution in [3.63, 3.8) is 0 Å².